The van der Waals surface area contributed by atoms with Gasteiger partial charge in [0, 0.05) is 24.9 Å². The SMILES string of the molecule is COc1ccc(OC)c2sc(N3CCC4(CC3)CC4(F)F)nc12. The fraction of sp³-hybridized carbons (Fsp3) is 0.562. The van der Waals surface area contributed by atoms with Gasteiger partial charge in [-0.25, -0.2) is 13.8 Å². The topological polar surface area (TPSA) is 34.6 Å². The van der Waals surface area contributed by atoms with Crippen molar-refractivity contribution in [1.29, 1.82) is 0 Å². The zero-order valence-electron chi connectivity index (χ0n) is 13.1. The van der Waals surface area contributed by atoms with Gasteiger partial charge in [0.1, 0.15) is 21.7 Å². The van der Waals surface area contributed by atoms with Crippen molar-refractivity contribution in [3.63, 3.8) is 0 Å². The van der Waals surface area contributed by atoms with Gasteiger partial charge >= 0.3 is 0 Å². The van der Waals surface area contributed by atoms with E-state index >= 15 is 0 Å². The van der Waals surface area contributed by atoms with E-state index in [0.29, 0.717) is 31.7 Å². The first-order chi connectivity index (χ1) is 11.0. The molecule has 0 bridgehead atoms. The molecule has 4 rings (SSSR count). The van der Waals surface area contributed by atoms with E-state index in [4.69, 9.17) is 9.47 Å². The number of thiazole rings is 1. The molecular formula is C16H18F2N2O2S. The highest BCUT2D eigenvalue weighted by Crippen LogP contribution is 2.66. The third-order valence-corrected chi connectivity index (χ3v) is 6.23. The lowest BCUT2D eigenvalue weighted by molar-refractivity contribution is 0.0537. The largest absolute Gasteiger partial charge is 0.495 e. The summed E-state index contributed by atoms with van der Waals surface area (Å²) >= 11 is 1.53. The molecule has 1 aromatic carbocycles. The van der Waals surface area contributed by atoms with Gasteiger partial charge in [-0.3, -0.25) is 0 Å². The number of rotatable bonds is 3. The van der Waals surface area contributed by atoms with Crippen molar-refractivity contribution in [3.05, 3.63) is 12.1 Å². The Balaban J connectivity index is 1.63. The van der Waals surface area contributed by atoms with Gasteiger partial charge in [-0.15, -0.1) is 0 Å². The summed E-state index contributed by atoms with van der Waals surface area (Å²) in [6.45, 7) is 1.25. The molecule has 4 nitrogen and oxygen atoms in total. The number of anilines is 1. The second-order valence-corrected chi connectivity index (χ2v) is 7.27. The quantitative estimate of drug-likeness (QED) is 0.848. The van der Waals surface area contributed by atoms with Crippen LogP contribution >= 0.6 is 11.3 Å². The minimum absolute atomic E-state index is 0.0509. The summed E-state index contributed by atoms with van der Waals surface area (Å²) in [5.74, 6) is -1.00. The molecule has 1 aromatic heterocycles. The van der Waals surface area contributed by atoms with Crippen molar-refractivity contribution in [1.82, 2.24) is 4.98 Å². The summed E-state index contributed by atoms with van der Waals surface area (Å²) in [5.41, 5.74) is 0.0270. The van der Waals surface area contributed by atoms with Gasteiger partial charge in [-0.2, -0.15) is 0 Å². The summed E-state index contributed by atoms with van der Waals surface area (Å²) in [7, 11) is 3.24. The molecule has 0 radical (unpaired) electrons. The van der Waals surface area contributed by atoms with Crippen molar-refractivity contribution in [2.45, 2.75) is 25.2 Å². The Hall–Kier alpha value is -1.63. The number of hydrogen-bond donors (Lipinski definition) is 0. The zero-order chi connectivity index (χ0) is 16.2. The molecular weight excluding hydrogens is 322 g/mol. The first kappa shape index (κ1) is 14.9. The molecule has 2 heterocycles. The third kappa shape index (κ3) is 2.16. The van der Waals surface area contributed by atoms with Gasteiger partial charge in [0.2, 0.25) is 0 Å². The van der Waals surface area contributed by atoms with Gasteiger partial charge in [-0.05, 0) is 25.0 Å². The first-order valence-electron chi connectivity index (χ1n) is 7.64. The van der Waals surface area contributed by atoms with Crippen LogP contribution in [0.2, 0.25) is 0 Å². The van der Waals surface area contributed by atoms with E-state index in [2.05, 4.69) is 9.88 Å². The highest BCUT2D eigenvalue weighted by molar-refractivity contribution is 7.22. The second kappa shape index (κ2) is 4.93. The minimum atomic E-state index is -2.46. The molecule has 0 atom stereocenters. The number of hydrogen-bond acceptors (Lipinski definition) is 5. The molecule has 2 aromatic rings. The summed E-state index contributed by atoms with van der Waals surface area (Å²) in [5, 5.41) is 0.849. The fourth-order valence-corrected chi connectivity index (χ4v) is 4.58. The van der Waals surface area contributed by atoms with Crippen molar-refractivity contribution in [3.8, 4) is 11.5 Å². The number of aromatic nitrogens is 1. The third-order valence-electron chi connectivity index (χ3n) is 5.10. The van der Waals surface area contributed by atoms with Crippen molar-refractivity contribution >= 4 is 26.7 Å². The molecule has 0 unspecified atom stereocenters. The Kier molecular flexibility index (Phi) is 3.20. The molecule has 1 saturated carbocycles. The smallest absolute Gasteiger partial charge is 0.254 e. The minimum Gasteiger partial charge on any atom is -0.495 e. The predicted octanol–water partition coefficient (Wildman–Crippen LogP) is 3.94. The summed E-state index contributed by atoms with van der Waals surface area (Å²) in [6.07, 6.45) is 1.11. The Morgan fingerprint density at radius 3 is 2.30 bits per heavy atom. The first-order valence-corrected chi connectivity index (χ1v) is 8.46. The van der Waals surface area contributed by atoms with Crippen LogP contribution in [0.25, 0.3) is 10.2 Å². The second-order valence-electron chi connectivity index (χ2n) is 6.29. The molecule has 7 heteroatoms. The van der Waals surface area contributed by atoms with Crippen LogP contribution in [-0.2, 0) is 0 Å². The lowest BCUT2D eigenvalue weighted by atomic mass is 9.93. The van der Waals surface area contributed by atoms with E-state index in [9.17, 15) is 8.78 Å². The van der Waals surface area contributed by atoms with Gasteiger partial charge < -0.3 is 14.4 Å². The van der Waals surface area contributed by atoms with Crippen LogP contribution < -0.4 is 14.4 Å². The van der Waals surface area contributed by atoms with Crippen LogP contribution in [0.5, 0.6) is 11.5 Å². The van der Waals surface area contributed by atoms with Gasteiger partial charge in [0.25, 0.3) is 5.92 Å². The van der Waals surface area contributed by atoms with E-state index in [1.165, 1.54) is 11.3 Å². The van der Waals surface area contributed by atoms with E-state index < -0.39 is 11.3 Å². The maximum absolute atomic E-state index is 13.5. The number of alkyl halides is 2. The van der Waals surface area contributed by atoms with Gasteiger partial charge in [0.15, 0.2) is 5.13 Å². The molecule has 124 valence electrons. The predicted molar refractivity (Wildman–Crippen MR) is 86.2 cm³/mol. The van der Waals surface area contributed by atoms with Crippen LogP contribution in [0.1, 0.15) is 19.3 Å². The van der Waals surface area contributed by atoms with E-state index in [1.54, 1.807) is 14.2 Å². The molecule has 1 aliphatic carbocycles. The van der Waals surface area contributed by atoms with Crippen LogP contribution in [0.3, 0.4) is 0 Å². The van der Waals surface area contributed by atoms with Gasteiger partial charge in [-0.1, -0.05) is 11.3 Å². The number of ether oxygens (including phenoxy) is 2. The molecule has 0 amide bonds. The molecule has 23 heavy (non-hydrogen) atoms. The average molecular weight is 340 g/mol. The standard InChI is InChI=1S/C16H18F2N2O2S/c1-21-10-3-4-11(22-2)13-12(10)19-14(23-13)20-7-5-15(6-8-20)9-16(15,17)18/h3-4H,5-9H2,1-2H3. The molecule has 0 N–H and O–H groups in total. The number of methoxy groups -OCH3 is 2. The lowest BCUT2D eigenvalue weighted by Gasteiger charge is -2.31. The zero-order valence-corrected chi connectivity index (χ0v) is 13.9. The number of nitrogens with zero attached hydrogens (tertiary/aromatic N) is 2. The molecule has 1 saturated heterocycles. The lowest BCUT2D eigenvalue weighted by Crippen LogP contribution is -2.36. The average Bonchev–Trinajstić information content (AvgIpc) is 2.88. The Labute approximate surface area is 137 Å². The molecule has 2 aliphatic rings. The van der Waals surface area contributed by atoms with E-state index in [1.807, 2.05) is 12.1 Å². The highest BCUT2D eigenvalue weighted by Gasteiger charge is 2.70. The van der Waals surface area contributed by atoms with Crippen molar-refractivity contribution in [2.75, 3.05) is 32.2 Å². The van der Waals surface area contributed by atoms with Crippen LogP contribution in [0.4, 0.5) is 13.9 Å². The number of benzene rings is 1. The summed E-state index contributed by atoms with van der Waals surface area (Å²) in [6, 6.07) is 3.69. The van der Waals surface area contributed by atoms with Gasteiger partial charge in [0.05, 0.1) is 14.2 Å². The summed E-state index contributed by atoms with van der Waals surface area (Å²) < 4.78 is 38.7. The Morgan fingerprint density at radius 2 is 1.74 bits per heavy atom. The Morgan fingerprint density at radius 1 is 1.13 bits per heavy atom. The summed E-state index contributed by atoms with van der Waals surface area (Å²) in [4.78, 5) is 6.77. The molecule has 2 fully saturated rings. The van der Waals surface area contributed by atoms with Crippen molar-refractivity contribution < 1.29 is 18.3 Å². The normalized spacial score (nSPS) is 21.7. The van der Waals surface area contributed by atoms with E-state index in [-0.39, 0.29) is 6.42 Å². The number of piperidine rings is 1. The van der Waals surface area contributed by atoms with E-state index in [0.717, 1.165) is 21.1 Å². The maximum atomic E-state index is 13.5. The van der Waals surface area contributed by atoms with Crippen LogP contribution in [-0.4, -0.2) is 38.2 Å². The molecule has 1 aliphatic heterocycles. The number of halogens is 2. The van der Waals surface area contributed by atoms with Crippen LogP contribution in [0.15, 0.2) is 12.1 Å². The fourth-order valence-electron chi connectivity index (χ4n) is 3.46. The maximum Gasteiger partial charge on any atom is 0.254 e. The molecule has 1 spiro atoms. The van der Waals surface area contributed by atoms with Crippen molar-refractivity contribution in [2.24, 2.45) is 5.41 Å². The van der Waals surface area contributed by atoms with Crippen LogP contribution in [0, 0.1) is 5.41 Å². The number of fused-ring (bicyclic) bond motifs is 1. The Bertz CT molecular complexity index is 713. The monoisotopic (exact) mass is 340 g/mol. The highest BCUT2D eigenvalue weighted by atomic mass is 32.1.